The zero-order valence-electron chi connectivity index (χ0n) is 18.0. The van der Waals surface area contributed by atoms with Crippen LogP contribution in [0.2, 0.25) is 0 Å². The van der Waals surface area contributed by atoms with E-state index < -0.39 is 16.1 Å². The van der Waals surface area contributed by atoms with E-state index in [1.807, 2.05) is 0 Å². The third-order valence-corrected chi connectivity index (χ3v) is 7.70. The van der Waals surface area contributed by atoms with E-state index in [2.05, 4.69) is 10.6 Å². The zero-order valence-corrected chi connectivity index (χ0v) is 18.8. The zero-order chi connectivity index (χ0) is 22.6. The molecule has 9 nitrogen and oxygen atoms in total. The number of rotatable bonds is 6. The van der Waals surface area contributed by atoms with E-state index in [9.17, 15) is 22.8 Å². The molecule has 1 atom stereocenters. The van der Waals surface area contributed by atoms with Crippen molar-refractivity contribution >= 4 is 33.4 Å². The van der Waals surface area contributed by atoms with Gasteiger partial charge in [-0.3, -0.25) is 14.4 Å². The van der Waals surface area contributed by atoms with Gasteiger partial charge in [-0.25, -0.2) is 8.42 Å². The SMILES string of the molecule is CC(=O)Nc1ccc(S(=O)(=O)N2CCC(C(=O)NC(C)C(=O)N3CCCC3)CC2)cc1. The van der Waals surface area contributed by atoms with Crippen molar-refractivity contribution in [2.24, 2.45) is 5.92 Å². The molecule has 0 bridgehead atoms. The van der Waals surface area contributed by atoms with Crippen molar-refractivity contribution in [3.63, 3.8) is 0 Å². The Hall–Kier alpha value is -2.46. The van der Waals surface area contributed by atoms with Gasteiger partial charge in [0.1, 0.15) is 6.04 Å². The van der Waals surface area contributed by atoms with Gasteiger partial charge in [0.2, 0.25) is 27.7 Å². The summed E-state index contributed by atoms with van der Waals surface area (Å²) in [5, 5.41) is 5.40. The Morgan fingerprint density at radius 2 is 1.58 bits per heavy atom. The summed E-state index contributed by atoms with van der Waals surface area (Å²) in [6.45, 7) is 5.03. The fourth-order valence-corrected chi connectivity index (χ4v) is 5.49. The highest BCUT2D eigenvalue weighted by Crippen LogP contribution is 2.25. The number of hydrogen-bond donors (Lipinski definition) is 2. The standard InChI is InChI=1S/C21H30N4O5S/c1-15(21(28)24-11-3-4-12-24)22-20(27)17-9-13-25(14-10-17)31(29,30)19-7-5-18(6-8-19)23-16(2)26/h5-8,15,17H,3-4,9-14H2,1-2H3,(H,22,27)(H,23,26). The van der Waals surface area contributed by atoms with Gasteiger partial charge in [-0.05, 0) is 56.9 Å². The third-order valence-electron chi connectivity index (χ3n) is 5.78. The molecule has 0 aliphatic carbocycles. The van der Waals surface area contributed by atoms with Crippen LogP contribution in [0.1, 0.15) is 39.5 Å². The molecule has 0 saturated carbocycles. The molecule has 2 N–H and O–H groups in total. The minimum absolute atomic E-state index is 0.0615. The second-order valence-corrected chi connectivity index (χ2v) is 10.1. The molecule has 0 aromatic heterocycles. The molecule has 10 heteroatoms. The molecule has 2 fully saturated rings. The van der Waals surface area contributed by atoms with Gasteiger partial charge in [0.05, 0.1) is 4.90 Å². The molecule has 3 amide bonds. The molecule has 1 aromatic rings. The van der Waals surface area contributed by atoms with E-state index in [4.69, 9.17) is 0 Å². The lowest BCUT2D eigenvalue weighted by molar-refractivity contribution is -0.136. The smallest absolute Gasteiger partial charge is 0.244 e. The highest BCUT2D eigenvalue weighted by atomic mass is 32.2. The lowest BCUT2D eigenvalue weighted by Gasteiger charge is -2.31. The van der Waals surface area contributed by atoms with Gasteiger partial charge < -0.3 is 15.5 Å². The molecule has 2 aliphatic heterocycles. The minimum Gasteiger partial charge on any atom is -0.344 e. The van der Waals surface area contributed by atoms with Crippen molar-refractivity contribution in [3.8, 4) is 0 Å². The predicted molar refractivity (Wildman–Crippen MR) is 116 cm³/mol. The summed E-state index contributed by atoms with van der Waals surface area (Å²) in [5.41, 5.74) is 0.527. The fourth-order valence-electron chi connectivity index (χ4n) is 4.03. The first-order valence-electron chi connectivity index (χ1n) is 10.7. The Morgan fingerprint density at radius 3 is 2.13 bits per heavy atom. The molecule has 0 radical (unpaired) electrons. The van der Waals surface area contributed by atoms with E-state index in [1.165, 1.54) is 23.4 Å². The largest absolute Gasteiger partial charge is 0.344 e. The van der Waals surface area contributed by atoms with Crippen molar-refractivity contribution in [3.05, 3.63) is 24.3 Å². The highest BCUT2D eigenvalue weighted by molar-refractivity contribution is 7.89. The maximum Gasteiger partial charge on any atom is 0.244 e. The summed E-state index contributed by atoms with van der Waals surface area (Å²) in [6.07, 6.45) is 2.80. The Morgan fingerprint density at radius 1 is 1.00 bits per heavy atom. The normalized spacial score (nSPS) is 19.1. The Labute approximate surface area is 183 Å². The molecule has 2 aliphatic rings. The summed E-state index contributed by atoms with van der Waals surface area (Å²) in [5.74, 6) is -0.805. The first-order valence-corrected chi connectivity index (χ1v) is 12.1. The van der Waals surface area contributed by atoms with E-state index in [0.717, 1.165) is 25.9 Å². The first-order chi connectivity index (χ1) is 14.7. The lowest BCUT2D eigenvalue weighted by Crippen LogP contribution is -2.49. The van der Waals surface area contributed by atoms with Crippen molar-refractivity contribution in [2.75, 3.05) is 31.5 Å². The number of carbonyl (C=O) groups excluding carboxylic acids is 3. The van der Waals surface area contributed by atoms with Crippen molar-refractivity contribution < 1.29 is 22.8 Å². The number of nitrogens with one attached hydrogen (secondary N) is 2. The summed E-state index contributed by atoms with van der Waals surface area (Å²) in [7, 11) is -3.68. The van der Waals surface area contributed by atoms with E-state index in [-0.39, 0.29) is 41.6 Å². The van der Waals surface area contributed by atoms with E-state index in [1.54, 1.807) is 24.0 Å². The number of piperidine rings is 1. The third kappa shape index (κ3) is 5.62. The molecule has 2 saturated heterocycles. The number of anilines is 1. The lowest BCUT2D eigenvalue weighted by atomic mass is 9.97. The van der Waals surface area contributed by atoms with Crippen LogP contribution in [-0.2, 0) is 24.4 Å². The Kier molecular flexibility index (Phi) is 7.32. The predicted octanol–water partition coefficient (Wildman–Crippen LogP) is 1.17. The first kappa shape index (κ1) is 23.2. The highest BCUT2D eigenvalue weighted by Gasteiger charge is 2.33. The topological polar surface area (TPSA) is 116 Å². The summed E-state index contributed by atoms with van der Waals surface area (Å²) >= 11 is 0. The van der Waals surface area contributed by atoms with Crippen LogP contribution in [0.5, 0.6) is 0 Å². The van der Waals surface area contributed by atoms with Crippen molar-refractivity contribution in [1.29, 1.82) is 0 Å². The average molecular weight is 451 g/mol. The fraction of sp³-hybridized carbons (Fsp3) is 0.571. The molecule has 3 rings (SSSR count). The maximum absolute atomic E-state index is 12.9. The molecule has 2 heterocycles. The van der Waals surface area contributed by atoms with Gasteiger partial charge in [-0.1, -0.05) is 0 Å². The summed E-state index contributed by atoms with van der Waals surface area (Å²) in [6, 6.07) is 5.45. The number of hydrogen-bond acceptors (Lipinski definition) is 5. The van der Waals surface area contributed by atoms with Crippen LogP contribution in [0.4, 0.5) is 5.69 Å². The second kappa shape index (κ2) is 9.78. The van der Waals surface area contributed by atoms with Crippen LogP contribution in [0.3, 0.4) is 0 Å². The van der Waals surface area contributed by atoms with Crippen LogP contribution in [-0.4, -0.2) is 67.6 Å². The molecule has 1 unspecified atom stereocenters. The molecular weight excluding hydrogens is 420 g/mol. The molecule has 170 valence electrons. The van der Waals surface area contributed by atoms with Crippen LogP contribution >= 0.6 is 0 Å². The van der Waals surface area contributed by atoms with Gasteiger partial charge in [0.15, 0.2) is 0 Å². The molecule has 0 spiro atoms. The van der Waals surface area contributed by atoms with Crippen LogP contribution in [0.25, 0.3) is 0 Å². The van der Waals surface area contributed by atoms with Crippen LogP contribution in [0, 0.1) is 5.92 Å². The van der Waals surface area contributed by atoms with Crippen LogP contribution in [0.15, 0.2) is 29.2 Å². The number of amides is 3. The van der Waals surface area contributed by atoms with Gasteiger partial charge in [0.25, 0.3) is 0 Å². The van der Waals surface area contributed by atoms with E-state index >= 15 is 0 Å². The number of benzene rings is 1. The van der Waals surface area contributed by atoms with Gasteiger partial charge in [0, 0.05) is 44.7 Å². The summed E-state index contributed by atoms with van der Waals surface area (Å²) < 4.78 is 27.2. The monoisotopic (exact) mass is 450 g/mol. The molecular formula is C21H30N4O5S. The van der Waals surface area contributed by atoms with E-state index in [0.29, 0.717) is 18.5 Å². The Bertz CT molecular complexity index is 918. The van der Waals surface area contributed by atoms with Crippen molar-refractivity contribution in [1.82, 2.24) is 14.5 Å². The average Bonchev–Trinajstić information content (AvgIpc) is 3.28. The maximum atomic E-state index is 12.9. The molecule has 1 aromatic carbocycles. The van der Waals surface area contributed by atoms with Crippen LogP contribution < -0.4 is 10.6 Å². The Balaban J connectivity index is 1.53. The number of carbonyl (C=O) groups is 3. The second-order valence-electron chi connectivity index (χ2n) is 8.15. The van der Waals surface area contributed by atoms with Gasteiger partial charge in [-0.2, -0.15) is 4.31 Å². The summed E-state index contributed by atoms with van der Waals surface area (Å²) in [4.78, 5) is 38.0. The molecule has 31 heavy (non-hydrogen) atoms. The number of likely N-dealkylation sites (tertiary alicyclic amines) is 1. The van der Waals surface area contributed by atoms with Gasteiger partial charge >= 0.3 is 0 Å². The number of nitrogens with zero attached hydrogens (tertiary/aromatic N) is 2. The minimum atomic E-state index is -3.68. The number of sulfonamides is 1. The quantitative estimate of drug-likeness (QED) is 0.675. The van der Waals surface area contributed by atoms with Crippen molar-refractivity contribution in [2.45, 2.75) is 50.5 Å². The van der Waals surface area contributed by atoms with Gasteiger partial charge in [-0.15, -0.1) is 0 Å².